The molecule has 0 aliphatic carbocycles. The molecular weight excluding hydrogens is 340 g/mol. The van der Waals surface area contributed by atoms with Crippen LogP contribution in [0.2, 0.25) is 5.02 Å². The summed E-state index contributed by atoms with van der Waals surface area (Å²) in [5, 5.41) is 0.630. The minimum atomic E-state index is -0.570. The highest BCUT2D eigenvalue weighted by Crippen LogP contribution is 2.18. The molecule has 0 spiro atoms. The number of carbonyl (C=O) groups is 2. The van der Waals surface area contributed by atoms with Gasteiger partial charge in [0.1, 0.15) is 5.75 Å². The highest BCUT2D eigenvalue weighted by molar-refractivity contribution is 6.30. The largest absolute Gasteiger partial charge is 0.481 e. The summed E-state index contributed by atoms with van der Waals surface area (Å²) in [5.41, 5.74) is 0. The van der Waals surface area contributed by atoms with Gasteiger partial charge in [-0.2, -0.15) is 0 Å². The SMILES string of the molecule is CC(C)CC(=O)N1CCCN(C(=O)C(C)Oc2ccc(Cl)cc2)CC1. The van der Waals surface area contributed by atoms with Crippen LogP contribution in [0.1, 0.15) is 33.6 Å². The Bertz CT molecular complexity index is 589. The van der Waals surface area contributed by atoms with Gasteiger partial charge < -0.3 is 14.5 Å². The second kappa shape index (κ2) is 9.09. The summed E-state index contributed by atoms with van der Waals surface area (Å²) in [5.74, 6) is 1.10. The van der Waals surface area contributed by atoms with E-state index in [0.717, 1.165) is 6.42 Å². The topological polar surface area (TPSA) is 49.9 Å². The predicted molar refractivity (Wildman–Crippen MR) is 98.8 cm³/mol. The number of hydrogen-bond donors (Lipinski definition) is 0. The Hall–Kier alpha value is -1.75. The maximum Gasteiger partial charge on any atom is 0.263 e. The molecule has 1 aromatic carbocycles. The van der Waals surface area contributed by atoms with Crippen molar-refractivity contribution >= 4 is 23.4 Å². The fraction of sp³-hybridized carbons (Fsp3) is 0.579. The normalized spacial score (nSPS) is 16.5. The van der Waals surface area contributed by atoms with Crippen LogP contribution < -0.4 is 4.74 Å². The highest BCUT2D eigenvalue weighted by atomic mass is 35.5. The molecule has 1 aromatic rings. The van der Waals surface area contributed by atoms with Gasteiger partial charge in [-0.25, -0.2) is 0 Å². The molecule has 6 heteroatoms. The summed E-state index contributed by atoms with van der Waals surface area (Å²) in [6, 6.07) is 6.97. The molecule has 0 radical (unpaired) electrons. The Kier molecular flexibility index (Phi) is 7.12. The maximum absolute atomic E-state index is 12.6. The van der Waals surface area contributed by atoms with Crippen LogP contribution in [-0.2, 0) is 9.59 Å². The molecule has 138 valence electrons. The molecule has 0 aromatic heterocycles. The van der Waals surface area contributed by atoms with Gasteiger partial charge in [-0.1, -0.05) is 25.4 Å². The first kappa shape index (κ1) is 19.6. The van der Waals surface area contributed by atoms with Crippen molar-refractivity contribution in [3.63, 3.8) is 0 Å². The van der Waals surface area contributed by atoms with Crippen molar-refractivity contribution in [1.29, 1.82) is 0 Å². The third-order valence-corrected chi connectivity index (χ3v) is 4.47. The van der Waals surface area contributed by atoms with Gasteiger partial charge in [0.25, 0.3) is 5.91 Å². The van der Waals surface area contributed by atoms with Gasteiger partial charge in [-0.15, -0.1) is 0 Å². The van der Waals surface area contributed by atoms with E-state index < -0.39 is 6.10 Å². The molecule has 0 bridgehead atoms. The van der Waals surface area contributed by atoms with Crippen LogP contribution in [0.5, 0.6) is 5.75 Å². The molecule has 1 saturated heterocycles. The molecule has 1 heterocycles. The number of amides is 2. The lowest BCUT2D eigenvalue weighted by Crippen LogP contribution is -2.43. The first-order chi connectivity index (χ1) is 11.9. The molecule has 1 aliphatic rings. The van der Waals surface area contributed by atoms with E-state index >= 15 is 0 Å². The fourth-order valence-corrected chi connectivity index (χ4v) is 3.02. The number of ether oxygens (including phenoxy) is 1. The van der Waals surface area contributed by atoms with Crippen LogP contribution >= 0.6 is 11.6 Å². The molecule has 5 nitrogen and oxygen atoms in total. The maximum atomic E-state index is 12.6. The number of halogens is 1. The summed E-state index contributed by atoms with van der Waals surface area (Å²) in [7, 11) is 0. The minimum absolute atomic E-state index is 0.0480. The van der Waals surface area contributed by atoms with E-state index in [9.17, 15) is 9.59 Å². The summed E-state index contributed by atoms with van der Waals surface area (Å²) in [6.45, 7) is 8.34. The zero-order chi connectivity index (χ0) is 18.4. The van der Waals surface area contributed by atoms with Gasteiger partial charge in [-0.3, -0.25) is 9.59 Å². The quantitative estimate of drug-likeness (QED) is 0.804. The van der Waals surface area contributed by atoms with E-state index in [-0.39, 0.29) is 11.8 Å². The highest BCUT2D eigenvalue weighted by Gasteiger charge is 2.26. The van der Waals surface area contributed by atoms with Gasteiger partial charge >= 0.3 is 0 Å². The zero-order valence-corrected chi connectivity index (χ0v) is 16.0. The summed E-state index contributed by atoms with van der Waals surface area (Å²) >= 11 is 5.86. The number of rotatable bonds is 5. The molecule has 0 saturated carbocycles. The average Bonchev–Trinajstić information content (AvgIpc) is 2.81. The molecule has 0 N–H and O–H groups in total. The van der Waals surface area contributed by atoms with Crippen molar-refractivity contribution in [2.45, 2.75) is 39.7 Å². The van der Waals surface area contributed by atoms with Crippen LogP contribution in [0.15, 0.2) is 24.3 Å². The Labute approximate surface area is 154 Å². The van der Waals surface area contributed by atoms with Crippen LogP contribution in [0, 0.1) is 5.92 Å². The minimum Gasteiger partial charge on any atom is -0.481 e. The predicted octanol–water partition coefficient (Wildman–Crippen LogP) is 3.21. The smallest absolute Gasteiger partial charge is 0.263 e. The van der Waals surface area contributed by atoms with E-state index in [1.54, 1.807) is 36.1 Å². The van der Waals surface area contributed by atoms with E-state index in [1.807, 2.05) is 18.7 Å². The van der Waals surface area contributed by atoms with E-state index in [4.69, 9.17) is 16.3 Å². The second-order valence-corrected chi connectivity index (χ2v) is 7.31. The molecule has 1 unspecified atom stereocenters. The molecule has 2 rings (SSSR count). The lowest BCUT2D eigenvalue weighted by molar-refractivity contribution is -0.138. The fourth-order valence-electron chi connectivity index (χ4n) is 2.89. The van der Waals surface area contributed by atoms with Crippen LogP contribution in [0.25, 0.3) is 0 Å². The van der Waals surface area contributed by atoms with E-state index in [0.29, 0.717) is 49.3 Å². The third-order valence-electron chi connectivity index (χ3n) is 4.22. The summed E-state index contributed by atoms with van der Waals surface area (Å²) in [4.78, 5) is 28.5. The van der Waals surface area contributed by atoms with Gasteiger partial charge in [0.15, 0.2) is 6.10 Å². The first-order valence-electron chi connectivity index (χ1n) is 8.85. The van der Waals surface area contributed by atoms with Crippen molar-refractivity contribution in [1.82, 2.24) is 9.80 Å². The van der Waals surface area contributed by atoms with Crippen LogP contribution in [0.4, 0.5) is 0 Å². The van der Waals surface area contributed by atoms with Gasteiger partial charge in [0.05, 0.1) is 0 Å². The monoisotopic (exact) mass is 366 g/mol. The molecule has 1 atom stereocenters. The van der Waals surface area contributed by atoms with Crippen molar-refractivity contribution in [2.75, 3.05) is 26.2 Å². The van der Waals surface area contributed by atoms with Crippen molar-refractivity contribution in [3.8, 4) is 5.75 Å². The lowest BCUT2D eigenvalue weighted by atomic mass is 10.1. The molecule has 1 fully saturated rings. The van der Waals surface area contributed by atoms with Gasteiger partial charge in [0, 0.05) is 37.6 Å². The Morgan fingerprint density at radius 2 is 1.64 bits per heavy atom. The van der Waals surface area contributed by atoms with Crippen LogP contribution in [0.3, 0.4) is 0 Å². The average molecular weight is 367 g/mol. The third kappa shape index (κ3) is 5.92. The first-order valence-corrected chi connectivity index (χ1v) is 9.23. The Morgan fingerprint density at radius 1 is 1.04 bits per heavy atom. The van der Waals surface area contributed by atoms with Gasteiger partial charge in [0.2, 0.25) is 5.91 Å². The van der Waals surface area contributed by atoms with Crippen LogP contribution in [-0.4, -0.2) is 53.9 Å². The molecule has 2 amide bonds. The second-order valence-electron chi connectivity index (χ2n) is 6.87. The summed E-state index contributed by atoms with van der Waals surface area (Å²) < 4.78 is 5.72. The Balaban J connectivity index is 1.89. The van der Waals surface area contributed by atoms with E-state index in [2.05, 4.69) is 0 Å². The summed E-state index contributed by atoms with van der Waals surface area (Å²) in [6.07, 6.45) is 0.784. The zero-order valence-electron chi connectivity index (χ0n) is 15.2. The lowest BCUT2D eigenvalue weighted by Gasteiger charge is -2.25. The number of hydrogen-bond acceptors (Lipinski definition) is 3. The van der Waals surface area contributed by atoms with E-state index in [1.165, 1.54) is 0 Å². The molecule has 1 aliphatic heterocycles. The van der Waals surface area contributed by atoms with Gasteiger partial charge in [-0.05, 0) is 43.5 Å². The van der Waals surface area contributed by atoms with Crippen molar-refractivity contribution in [3.05, 3.63) is 29.3 Å². The van der Waals surface area contributed by atoms with Crippen molar-refractivity contribution in [2.24, 2.45) is 5.92 Å². The number of nitrogens with zero attached hydrogens (tertiary/aromatic N) is 2. The molecule has 25 heavy (non-hydrogen) atoms. The number of benzene rings is 1. The standard InChI is InChI=1S/C19H27ClN2O3/c1-14(2)13-18(23)21-9-4-10-22(12-11-21)19(24)15(3)25-17-7-5-16(20)6-8-17/h5-8,14-15H,4,9-13H2,1-3H3. The Morgan fingerprint density at radius 3 is 2.28 bits per heavy atom. The molecular formula is C19H27ClN2O3. The number of carbonyl (C=O) groups excluding carboxylic acids is 2. The van der Waals surface area contributed by atoms with Crippen molar-refractivity contribution < 1.29 is 14.3 Å².